The van der Waals surface area contributed by atoms with Crippen LogP contribution in [0.2, 0.25) is 0 Å². The molecule has 0 heterocycles. The SMILES string of the molecule is O=C(O)/C=C/C=C(/[O-])C(=O)[O-]. The first-order chi connectivity index (χ1) is 5.04. The number of carbonyl (C=O) groups excluding carboxylic acids is 1. The Morgan fingerprint density at radius 2 is 1.82 bits per heavy atom. The van der Waals surface area contributed by atoms with Crippen LogP contribution in [0.15, 0.2) is 24.0 Å². The molecule has 1 N–H and O–H groups in total. The van der Waals surface area contributed by atoms with Crippen molar-refractivity contribution in [1.29, 1.82) is 0 Å². The lowest BCUT2D eigenvalue weighted by atomic mass is 10.4. The number of carbonyl (C=O) groups is 2. The summed E-state index contributed by atoms with van der Waals surface area (Å²) in [5.74, 6) is -4.38. The molecule has 0 saturated heterocycles. The Labute approximate surface area is 61.9 Å². The van der Waals surface area contributed by atoms with Gasteiger partial charge in [-0.25, -0.2) is 4.79 Å². The maximum absolute atomic E-state index is 10.2. The Balaban J connectivity index is 4.13. The molecule has 0 spiro atoms. The number of rotatable bonds is 3. The predicted molar refractivity (Wildman–Crippen MR) is 29.9 cm³/mol. The maximum atomic E-state index is 10.2. The first-order valence-electron chi connectivity index (χ1n) is 2.53. The van der Waals surface area contributed by atoms with Gasteiger partial charge in [-0.15, -0.1) is 0 Å². The van der Waals surface area contributed by atoms with Crippen LogP contribution in [-0.4, -0.2) is 17.0 Å². The van der Waals surface area contributed by atoms with Crippen molar-refractivity contribution in [2.75, 3.05) is 0 Å². The average Bonchev–Trinajstić information content (AvgIpc) is 1.86. The predicted octanol–water partition coefficient (Wildman–Crippen LogP) is -2.38. The highest BCUT2D eigenvalue weighted by molar-refractivity contribution is 5.83. The molecule has 0 aliphatic heterocycles. The third kappa shape index (κ3) is 4.71. The topological polar surface area (TPSA) is 100 Å². The summed E-state index contributed by atoms with van der Waals surface area (Å²) in [6.45, 7) is 0. The van der Waals surface area contributed by atoms with E-state index < -0.39 is 17.7 Å². The first-order valence-corrected chi connectivity index (χ1v) is 2.53. The van der Waals surface area contributed by atoms with E-state index in [1.165, 1.54) is 0 Å². The molecule has 60 valence electrons. The number of aliphatic carboxylic acids is 2. The molecule has 11 heavy (non-hydrogen) atoms. The summed E-state index contributed by atoms with van der Waals surface area (Å²) in [6, 6.07) is 0. The molecule has 0 aromatic rings. The molecule has 0 aromatic heterocycles. The highest BCUT2D eigenvalue weighted by atomic mass is 16.4. The van der Waals surface area contributed by atoms with E-state index in [1.807, 2.05) is 0 Å². The van der Waals surface area contributed by atoms with Crippen LogP contribution in [0.25, 0.3) is 0 Å². The summed E-state index contributed by atoms with van der Waals surface area (Å²) in [7, 11) is 0. The minimum Gasteiger partial charge on any atom is -0.871 e. The van der Waals surface area contributed by atoms with Gasteiger partial charge < -0.3 is 20.1 Å². The molecule has 0 radical (unpaired) electrons. The van der Waals surface area contributed by atoms with E-state index in [0.717, 1.165) is 6.08 Å². The van der Waals surface area contributed by atoms with Crippen LogP contribution >= 0.6 is 0 Å². The molecule has 5 heteroatoms. The maximum Gasteiger partial charge on any atom is 0.328 e. The van der Waals surface area contributed by atoms with E-state index >= 15 is 0 Å². The molecule has 5 nitrogen and oxygen atoms in total. The van der Waals surface area contributed by atoms with E-state index in [0.29, 0.717) is 12.2 Å². The summed E-state index contributed by atoms with van der Waals surface area (Å²) in [5, 5.41) is 27.8. The van der Waals surface area contributed by atoms with Crippen LogP contribution in [0.5, 0.6) is 0 Å². The lowest BCUT2D eigenvalue weighted by Gasteiger charge is -2.09. The van der Waals surface area contributed by atoms with E-state index in [-0.39, 0.29) is 0 Å². The minimum atomic E-state index is -1.86. The van der Waals surface area contributed by atoms with Crippen molar-refractivity contribution in [3.63, 3.8) is 0 Å². The van der Waals surface area contributed by atoms with Gasteiger partial charge in [0.25, 0.3) is 0 Å². The highest BCUT2D eigenvalue weighted by Crippen LogP contribution is 1.82. The van der Waals surface area contributed by atoms with Crippen molar-refractivity contribution in [2.24, 2.45) is 0 Å². The first kappa shape index (κ1) is 9.22. The smallest absolute Gasteiger partial charge is 0.328 e. The fourth-order valence-corrected chi connectivity index (χ4v) is 0.286. The van der Waals surface area contributed by atoms with Crippen LogP contribution in [0, 0.1) is 0 Å². The van der Waals surface area contributed by atoms with E-state index in [9.17, 15) is 19.8 Å². The zero-order valence-electron chi connectivity index (χ0n) is 5.31. The highest BCUT2D eigenvalue weighted by Gasteiger charge is 1.81. The third-order valence-electron chi connectivity index (χ3n) is 0.688. The molecule has 0 amide bonds. The molecule has 0 rings (SSSR count). The molecule has 0 saturated carbocycles. The zero-order chi connectivity index (χ0) is 8.85. The Hall–Kier alpha value is -1.78. The number of hydrogen-bond acceptors (Lipinski definition) is 4. The van der Waals surface area contributed by atoms with Gasteiger partial charge in [0.15, 0.2) is 0 Å². The van der Waals surface area contributed by atoms with Crippen LogP contribution in [-0.2, 0) is 9.59 Å². The Kier molecular flexibility index (Phi) is 3.44. The van der Waals surface area contributed by atoms with E-state index in [2.05, 4.69) is 0 Å². The van der Waals surface area contributed by atoms with Crippen molar-refractivity contribution < 1.29 is 24.9 Å². The quantitative estimate of drug-likeness (QED) is 0.279. The molecule has 0 bridgehead atoms. The van der Waals surface area contributed by atoms with Crippen molar-refractivity contribution in [2.45, 2.75) is 0 Å². The molecular formula is C6H4O5-2. The Morgan fingerprint density at radius 3 is 2.18 bits per heavy atom. The number of carboxylic acids is 2. The van der Waals surface area contributed by atoms with Gasteiger partial charge in [0, 0.05) is 6.08 Å². The van der Waals surface area contributed by atoms with Crippen LogP contribution in [0.4, 0.5) is 0 Å². The lowest BCUT2D eigenvalue weighted by Crippen LogP contribution is -2.30. The van der Waals surface area contributed by atoms with Gasteiger partial charge in [0.2, 0.25) is 0 Å². The number of carboxylic acid groups (broad SMARTS) is 2. The average molecular weight is 156 g/mol. The van der Waals surface area contributed by atoms with Gasteiger partial charge in [-0.05, 0) is 0 Å². The lowest BCUT2D eigenvalue weighted by molar-refractivity contribution is -0.353. The Morgan fingerprint density at radius 1 is 1.27 bits per heavy atom. The molecule has 0 fully saturated rings. The number of hydrogen-bond donors (Lipinski definition) is 1. The molecule has 0 unspecified atom stereocenters. The van der Waals surface area contributed by atoms with Crippen LogP contribution < -0.4 is 10.2 Å². The fraction of sp³-hybridized carbons (Fsp3) is 0. The van der Waals surface area contributed by atoms with Crippen molar-refractivity contribution in [3.05, 3.63) is 24.0 Å². The van der Waals surface area contributed by atoms with Crippen LogP contribution in [0.1, 0.15) is 0 Å². The standard InChI is InChI=1S/C6H6O5/c7-4(6(10)11)2-1-3-5(8)9/h1-3,7H,(H,8,9)(H,10,11)/p-2/b3-1+,4-2+. The summed E-state index contributed by atoms with van der Waals surface area (Å²) < 4.78 is 0. The minimum absolute atomic E-state index is 0.601. The van der Waals surface area contributed by atoms with Crippen molar-refractivity contribution in [1.82, 2.24) is 0 Å². The summed E-state index contributed by atoms with van der Waals surface area (Å²) in [4.78, 5) is 19.5. The monoisotopic (exact) mass is 156 g/mol. The molecule has 0 aliphatic rings. The Bertz CT molecular complexity index is 225. The normalized spacial score (nSPS) is 11.8. The molecule has 0 aromatic carbocycles. The van der Waals surface area contributed by atoms with E-state index in [4.69, 9.17) is 5.11 Å². The van der Waals surface area contributed by atoms with Crippen molar-refractivity contribution >= 4 is 11.9 Å². The van der Waals surface area contributed by atoms with Gasteiger partial charge >= 0.3 is 5.97 Å². The van der Waals surface area contributed by atoms with Gasteiger partial charge in [-0.2, -0.15) is 0 Å². The summed E-state index contributed by atoms with van der Waals surface area (Å²) in [5.41, 5.74) is 0. The summed E-state index contributed by atoms with van der Waals surface area (Å²) >= 11 is 0. The second-order valence-corrected chi connectivity index (χ2v) is 1.52. The van der Waals surface area contributed by atoms with Gasteiger partial charge in [-0.3, -0.25) is 0 Å². The second kappa shape index (κ2) is 4.10. The largest absolute Gasteiger partial charge is 0.871 e. The van der Waals surface area contributed by atoms with Gasteiger partial charge in [-0.1, -0.05) is 17.9 Å². The number of allylic oxidation sites excluding steroid dienone is 2. The molecule has 0 atom stereocenters. The van der Waals surface area contributed by atoms with Gasteiger partial charge in [0.05, 0.1) is 5.97 Å². The van der Waals surface area contributed by atoms with Crippen LogP contribution in [0.3, 0.4) is 0 Å². The second-order valence-electron chi connectivity index (χ2n) is 1.52. The van der Waals surface area contributed by atoms with E-state index in [1.54, 1.807) is 0 Å². The summed E-state index contributed by atoms with van der Waals surface area (Å²) in [6.07, 6.45) is 2.06. The van der Waals surface area contributed by atoms with Crippen molar-refractivity contribution in [3.8, 4) is 0 Å². The van der Waals surface area contributed by atoms with Gasteiger partial charge in [0.1, 0.15) is 0 Å². The zero-order valence-corrected chi connectivity index (χ0v) is 5.31. The fourth-order valence-electron chi connectivity index (χ4n) is 0.286. The molecular weight excluding hydrogens is 152 g/mol. The molecule has 0 aliphatic carbocycles. The third-order valence-corrected chi connectivity index (χ3v) is 0.688.